The fraction of sp³-hybridized carbons (Fsp3) is 0.509. The Morgan fingerprint density at radius 2 is 0.780 bits per heavy atom. The number of benzene rings is 4. The summed E-state index contributed by atoms with van der Waals surface area (Å²) in [4.78, 5) is 11.8. The van der Waals surface area contributed by atoms with E-state index in [9.17, 15) is 0 Å². The Labute approximate surface area is 384 Å². The summed E-state index contributed by atoms with van der Waals surface area (Å²) >= 11 is 0. The van der Waals surface area contributed by atoms with Gasteiger partial charge in [0.25, 0.3) is 0 Å². The summed E-state index contributed by atoms with van der Waals surface area (Å²) in [5, 5.41) is 2.56. The van der Waals surface area contributed by atoms with Gasteiger partial charge in [-0.25, -0.2) is 0 Å². The number of nitrogens with zero attached hydrogens (tertiary/aromatic N) is 2. The van der Waals surface area contributed by atoms with Crippen LogP contribution in [0.15, 0.2) is 60.7 Å². The monoisotopic (exact) mass is 997 g/mol. The Balaban J connectivity index is 0.00000400. The molecular weight excluding hydrogens is 915 g/mol. The van der Waals surface area contributed by atoms with Gasteiger partial charge < -0.3 is 29.6 Å². The van der Waals surface area contributed by atoms with E-state index < -0.39 is 16.5 Å². The summed E-state index contributed by atoms with van der Waals surface area (Å²) in [6.45, 7) is 47.0. The normalized spacial score (nSPS) is 13.9. The van der Waals surface area contributed by atoms with Gasteiger partial charge in [0.1, 0.15) is 11.5 Å². The minimum Gasteiger partial charge on any atom is -0.683 e. The molecule has 1 aliphatic heterocycles. The van der Waals surface area contributed by atoms with E-state index in [0.717, 1.165) is 11.5 Å². The first-order valence-electron chi connectivity index (χ1n) is 21.4. The summed E-state index contributed by atoms with van der Waals surface area (Å²) in [5.74, 6) is 3.54. The van der Waals surface area contributed by atoms with E-state index >= 15 is 0 Å². The van der Waals surface area contributed by atoms with Crippen LogP contribution in [0.4, 0.5) is 11.4 Å². The van der Waals surface area contributed by atoms with Crippen LogP contribution in [-0.2, 0) is 42.1 Å². The fourth-order valence-corrected chi connectivity index (χ4v) is 12.8. The Hall–Kier alpha value is -2.42. The van der Waals surface area contributed by atoms with Gasteiger partial charge in [-0.3, -0.25) is 0 Å². The summed E-state index contributed by atoms with van der Waals surface area (Å²) in [5.41, 5.74) is 12.5. The summed E-state index contributed by atoms with van der Waals surface area (Å²) < 4.78 is 7.62. The molecule has 1 aliphatic rings. The molecule has 4 aromatic rings. The van der Waals surface area contributed by atoms with Crippen LogP contribution in [0.1, 0.15) is 179 Å². The first-order valence-corrected chi connectivity index (χ1v) is 27.3. The van der Waals surface area contributed by atoms with E-state index in [-0.39, 0.29) is 56.9 Å². The van der Waals surface area contributed by atoms with Crippen molar-refractivity contribution in [2.24, 2.45) is 0 Å². The van der Waals surface area contributed by atoms with E-state index in [1.54, 1.807) is 0 Å². The van der Waals surface area contributed by atoms with Gasteiger partial charge in [-0.15, -0.1) is 11.4 Å². The molecule has 0 spiro atoms. The zero-order chi connectivity index (χ0) is 42.1. The number of ether oxygens (including phenoxy) is 1. The van der Waals surface area contributed by atoms with Gasteiger partial charge in [-0.2, -0.15) is 0 Å². The fourth-order valence-electron chi connectivity index (χ4n) is 8.39. The molecule has 0 atom stereocenters. The van der Waals surface area contributed by atoms with Crippen molar-refractivity contribution in [2.75, 3.05) is 0 Å². The second-order valence-electron chi connectivity index (χ2n) is 21.6. The largest absolute Gasteiger partial charge is 4.00 e. The molecule has 0 bridgehead atoms. The predicted octanol–water partition coefficient (Wildman–Crippen LogP) is 16.3. The van der Waals surface area contributed by atoms with Gasteiger partial charge in [0.15, 0.2) is 0 Å². The quantitative estimate of drug-likeness (QED) is 0.115. The topological polar surface area (TPSA) is 37.4 Å². The van der Waals surface area contributed by atoms with Gasteiger partial charge in [-0.05, 0) is 72.5 Å². The third-order valence-corrected chi connectivity index (χ3v) is 17.2. The minimum absolute atomic E-state index is 0. The average Bonchev–Trinajstić information content (AvgIpc) is 3.06. The van der Waals surface area contributed by atoms with E-state index in [1.807, 2.05) is 0 Å². The zero-order valence-electron chi connectivity index (χ0n) is 41.4. The van der Waals surface area contributed by atoms with E-state index in [0.29, 0.717) is 23.7 Å². The Morgan fingerprint density at radius 1 is 0.508 bits per heavy atom. The second-order valence-corrected chi connectivity index (χ2v) is 29.3. The van der Waals surface area contributed by atoms with Crippen molar-refractivity contribution in [1.29, 1.82) is 0 Å². The van der Waals surface area contributed by atoms with Gasteiger partial charge >= 0.3 is 25.8 Å². The third kappa shape index (κ3) is 10.4. The maximum absolute atomic E-state index is 7.62. The van der Waals surface area contributed by atoms with Crippen molar-refractivity contribution < 1.29 is 30.6 Å². The summed E-state index contributed by atoms with van der Waals surface area (Å²) in [7, 11) is -5.13. The van der Waals surface area contributed by atoms with E-state index in [4.69, 9.17) is 14.7 Å². The number of hydrogen-bond donors (Lipinski definition) is 0. The molecule has 1 heterocycles. The van der Waals surface area contributed by atoms with Crippen molar-refractivity contribution in [3.8, 4) is 11.5 Å². The molecule has 0 saturated heterocycles. The molecule has 0 N–H and O–H groups in total. The van der Waals surface area contributed by atoms with E-state index in [2.05, 4.69) is 198 Å². The van der Waals surface area contributed by atoms with Gasteiger partial charge in [0.05, 0.1) is 0 Å². The van der Waals surface area contributed by atoms with Crippen LogP contribution < -0.4 is 15.1 Å². The number of fused-ring (bicyclic) bond motifs is 2. The van der Waals surface area contributed by atoms with Crippen molar-refractivity contribution >= 4 is 38.2 Å². The average molecular weight is 996 g/mol. The maximum Gasteiger partial charge on any atom is 4.00 e. The molecule has 6 heteroatoms. The Morgan fingerprint density at radius 3 is 1.02 bits per heavy atom. The Kier molecular flexibility index (Phi) is 16.5. The molecule has 0 unspecified atom stereocenters. The molecule has 59 heavy (non-hydrogen) atoms. The predicted molar refractivity (Wildman–Crippen MR) is 265 cm³/mol. The van der Waals surface area contributed by atoms with E-state index in [1.165, 1.54) is 66.3 Å². The molecular formula is C53H80HfN2OSi2. The molecule has 0 radical (unpaired) electrons. The van der Waals surface area contributed by atoms with Crippen LogP contribution in [-0.4, -0.2) is 16.5 Å². The van der Waals surface area contributed by atoms with Crippen molar-refractivity contribution in [1.82, 2.24) is 0 Å². The molecule has 0 aromatic heterocycles. The maximum atomic E-state index is 7.62. The van der Waals surface area contributed by atoms with Crippen LogP contribution in [0.3, 0.4) is 0 Å². The first-order chi connectivity index (χ1) is 25.6. The van der Waals surface area contributed by atoms with Gasteiger partial charge in [0, 0.05) is 16.5 Å². The molecule has 5 rings (SSSR count). The zero-order valence-corrected chi connectivity index (χ0v) is 47.0. The van der Waals surface area contributed by atoms with Crippen LogP contribution in [0, 0.1) is 14.9 Å². The van der Waals surface area contributed by atoms with Gasteiger partial charge in [0.2, 0.25) is 0 Å². The molecule has 0 fully saturated rings. The molecule has 4 aromatic carbocycles. The molecule has 0 aliphatic carbocycles. The first kappa shape index (κ1) is 52.7. The SMILES string of the molecule is CC(C)c1cccc(C(C)C)c1[N-][Si](C)(C)c1cc(C(C)(C)C)cc2c1Oc1c(cc(C(C)(C)C)cc1[Si](C)(C)[N-]c1c(C(C)C)cccc1C(C)C)C2(C)C.[CH3-].[CH3-].[Hf+4]. The minimum atomic E-state index is -2.57. The number of hydrogen-bond acceptors (Lipinski definition) is 1. The standard InChI is InChI=1S/C51H74N2OSi2.2CH3.Hf/c1-31(2)37-23-21-24-38(32(3)4)45(37)52-55(17,18)43-29-35(49(9,10)11)27-41-47(43)54-48-42(51(41,15)16)28-36(50(12,13)14)30-44(48)56(19,20)53-46-39(33(5)6)25-22-26-40(46)34(7)8;;;/h21-34H,1-20H3;2*1H3;/q-2;2*-1;+4. The summed E-state index contributed by atoms with van der Waals surface area (Å²) in [6, 6.07) is 23.4. The molecule has 0 amide bonds. The molecule has 0 saturated carbocycles. The number of rotatable bonds is 10. The molecule has 320 valence electrons. The van der Waals surface area contributed by atoms with Crippen LogP contribution >= 0.6 is 0 Å². The second kappa shape index (κ2) is 18.5. The third-order valence-electron chi connectivity index (χ3n) is 12.2. The smallest absolute Gasteiger partial charge is 0.683 e. The van der Waals surface area contributed by atoms with Crippen LogP contribution in [0.2, 0.25) is 26.2 Å². The van der Waals surface area contributed by atoms with Crippen molar-refractivity contribution in [3.63, 3.8) is 0 Å². The van der Waals surface area contributed by atoms with Crippen LogP contribution in [0.5, 0.6) is 11.5 Å². The van der Waals surface area contributed by atoms with Crippen molar-refractivity contribution in [3.05, 3.63) is 130 Å². The van der Waals surface area contributed by atoms with Crippen LogP contribution in [0.25, 0.3) is 9.96 Å². The van der Waals surface area contributed by atoms with Crippen molar-refractivity contribution in [2.45, 2.75) is 177 Å². The Bertz CT molecular complexity index is 1890. The summed E-state index contributed by atoms with van der Waals surface area (Å²) in [6.07, 6.45) is 0. The molecule has 3 nitrogen and oxygen atoms in total. The van der Waals surface area contributed by atoms with Gasteiger partial charge in [-0.1, -0.05) is 220 Å².